The summed E-state index contributed by atoms with van der Waals surface area (Å²) in [5.41, 5.74) is 3.93. The summed E-state index contributed by atoms with van der Waals surface area (Å²) >= 11 is 0. The van der Waals surface area contributed by atoms with Gasteiger partial charge in [-0.3, -0.25) is 4.79 Å². The maximum absolute atomic E-state index is 11.1. The van der Waals surface area contributed by atoms with Crippen molar-refractivity contribution < 1.29 is 9.53 Å². The lowest BCUT2D eigenvalue weighted by Gasteiger charge is -2.11. The highest BCUT2D eigenvalue weighted by Gasteiger charge is 2.11. The molecule has 0 aliphatic heterocycles. The average Bonchev–Trinajstić information content (AvgIpc) is 2.49. The molecule has 0 saturated carbocycles. The van der Waals surface area contributed by atoms with Crippen LogP contribution in [0.3, 0.4) is 0 Å². The molecule has 0 saturated heterocycles. The second-order valence-corrected chi connectivity index (χ2v) is 5.66. The van der Waals surface area contributed by atoms with Crippen LogP contribution < -0.4 is 10.1 Å². The highest BCUT2D eigenvalue weighted by atomic mass is 16.5. The fourth-order valence-electron chi connectivity index (χ4n) is 2.32. The molecule has 0 atom stereocenters. The number of nitrogens with zero attached hydrogens (tertiary/aromatic N) is 2. The molecule has 0 bridgehead atoms. The first-order chi connectivity index (χ1) is 11.0. The molecule has 5 heteroatoms. The van der Waals surface area contributed by atoms with Crippen LogP contribution in [0.1, 0.15) is 35.9 Å². The molecule has 5 nitrogen and oxygen atoms in total. The Bertz CT molecular complexity index is 658. The van der Waals surface area contributed by atoms with E-state index >= 15 is 0 Å². The lowest BCUT2D eigenvalue weighted by atomic mass is 10.1. The number of ether oxygens (including phenoxy) is 1. The van der Waals surface area contributed by atoms with E-state index in [2.05, 4.69) is 46.5 Å². The van der Waals surface area contributed by atoms with Crippen LogP contribution in [0.15, 0.2) is 24.3 Å². The molecule has 0 unspecified atom stereocenters. The number of hydrogen-bond donors (Lipinski definition) is 1. The molecule has 1 aromatic heterocycles. The standard InChI is InChI=1S/C18H23N3O2/c1-12-7-9-16(10-8-12)6-5-11-19-18-20-13(2)17(14(3)21-18)23-15(4)22/h7-10H,5-6,11H2,1-4H3,(H,19,20,21). The number of hydrogen-bond acceptors (Lipinski definition) is 5. The molecule has 0 amide bonds. The van der Waals surface area contributed by atoms with Crippen molar-refractivity contribution in [2.75, 3.05) is 11.9 Å². The number of benzene rings is 1. The van der Waals surface area contributed by atoms with Gasteiger partial charge in [-0.15, -0.1) is 0 Å². The average molecular weight is 313 g/mol. The minimum absolute atomic E-state index is 0.362. The van der Waals surface area contributed by atoms with Crippen molar-refractivity contribution in [3.05, 3.63) is 46.8 Å². The van der Waals surface area contributed by atoms with Gasteiger partial charge in [0, 0.05) is 13.5 Å². The van der Waals surface area contributed by atoms with Gasteiger partial charge < -0.3 is 10.1 Å². The summed E-state index contributed by atoms with van der Waals surface area (Å²) in [5, 5.41) is 3.23. The van der Waals surface area contributed by atoms with E-state index < -0.39 is 0 Å². The number of aromatic nitrogens is 2. The van der Waals surface area contributed by atoms with Gasteiger partial charge in [0.15, 0.2) is 5.75 Å². The molecule has 122 valence electrons. The fourth-order valence-corrected chi connectivity index (χ4v) is 2.32. The molecule has 1 aromatic carbocycles. The van der Waals surface area contributed by atoms with Crippen molar-refractivity contribution in [1.82, 2.24) is 9.97 Å². The third-order valence-electron chi connectivity index (χ3n) is 3.50. The number of aryl methyl sites for hydroxylation is 4. The van der Waals surface area contributed by atoms with E-state index in [0.29, 0.717) is 23.1 Å². The molecule has 0 aliphatic rings. The first-order valence-corrected chi connectivity index (χ1v) is 7.79. The number of anilines is 1. The van der Waals surface area contributed by atoms with Crippen LogP contribution in [0, 0.1) is 20.8 Å². The SMILES string of the molecule is CC(=O)Oc1c(C)nc(NCCCc2ccc(C)cc2)nc1C. The summed E-state index contributed by atoms with van der Waals surface area (Å²) in [6.07, 6.45) is 2.01. The second kappa shape index (κ2) is 7.72. The van der Waals surface area contributed by atoms with Crippen LogP contribution in [0.4, 0.5) is 5.95 Å². The van der Waals surface area contributed by atoms with E-state index in [4.69, 9.17) is 4.74 Å². The van der Waals surface area contributed by atoms with Crippen molar-refractivity contribution in [2.45, 2.75) is 40.5 Å². The van der Waals surface area contributed by atoms with Crippen LogP contribution in [0.5, 0.6) is 5.75 Å². The van der Waals surface area contributed by atoms with Gasteiger partial charge in [0.25, 0.3) is 0 Å². The maximum atomic E-state index is 11.1. The van der Waals surface area contributed by atoms with Crippen LogP contribution in [-0.2, 0) is 11.2 Å². The lowest BCUT2D eigenvalue weighted by molar-refractivity contribution is -0.132. The lowest BCUT2D eigenvalue weighted by Crippen LogP contribution is -2.11. The molecular weight excluding hydrogens is 290 g/mol. The van der Waals surface area contributed by atoms with Gasteiger partial charge >= 0.3 is 5.97 Å². The smallest absolute Gasteiger partial charge is 0.308 e. The fraction of sp³-hybridized carbons (Fsp3) is 0.389. The molecule has 0 spiro atoms. The summed E-state index contributed by atoms with van der Waals surface area (Å²) in [4.78, 5) is 19.8. The number of rotatable bonds is 6. The maximum Gasteiger partial charge on any atom is 0.308 e. The zero-order valence-electron chi connectivity index (χ0n) is 14.1. The van der Waals surface area contributed by atoms with Gasteiger partial charge in [-0.1, -0.05) is 29.8 Å². The Balaban J connectivity index is 1.88. The highest BCUT2D eigenvalue weighted by Crippen LogP contribution is 2.21. The van der Waals surface area contributed by atoms with Gasteiger partial charge in [0.2, 0.25) is 5.95 Å². The van der Waals surface area contributed by atoms with Crippen molar-refractivity contribution in [3.8, 4) is 5.75 Å². The summed E-state index contributed by atoms with van der Waals surface area (Å²) in [6.45, 7) is 7.87. The van der Waals surface area contributed by atoms with Crippen molar-refractivity contribution in [1.29, 1.82) is 0 Å². The van der Waals surface area contributed by atoms with Crippen molar-refractivity contribution in [2.24, 2.45) is 0 Å². The van der Waals surface area contributed by atoms with Gasteiger partial charge in [0.1, 0.15) is 0 Å². The monoisotopic (exact) mass is 313 g/mol. The zero-order valence-corrected chi connectivity index (χ0v) is 14.1. The molecule has 1 N–H and O–H groups in total. The molecule has 0 radical (unpaired) electrons. The van der Waals surface area contributed by atoms with Gasteiger partial charge in [0.05, 0.1) is 11.4 Å². The van der Waals surface area contributed by atoms with E-state index in [1.54, 1.807) is 0 Å². The Hall–Kier alpha value is -2.43. The molecule has 2 rings (SSSR count). The minimum atomic E-state index is -0.362. The third-order valence-corrected chi connectivity index (χ3v) is 3.50. The summed E-state index contributed by atoms with van der Waals surface area (Å²) in [7, 11) is 0. The second-order valence-electron chi connectivity index (χ2n) is 5.66. The van der Waals surface area contributed by atoms with E-state index in [9.17, 15) is 4.79 Å². The summed E-state index contributed by atoms with van der Waals surface area (Å²) in [6, 6.07) is 8.58. The zero-order chi connectivity index (χ0) is 16.8. The normalized spacial score (nSPS) is 10.4. The quantitative estimate of drug-likeness (QED) is 0.654. The molecule has 0 aliphatic carbocycles. The van der Waals surface area contributed by atoms with Crippen molar-refractivity contribution >= 4 is 11.9 Å². The van der Waals surface area contributed by atoms with E-state index in [1.807, 2.05) is 13.8 Å². The van der Waals surface area contributed by atoms with Gasteiger partial charge in [-0.25, -0.2) is 9.97 Å². The van der Waals surface area contributed by atoms with E-state index in [0.717, 1.165) is 19.4 Å². The molecule has 23 heavy (non-hydrogen) atoms. The summed E-state index contributed by atoms with van der Waals surface area (Å²) in [5.74, 6) is 0.654. The predicted octanol–water partition coefficient (Wildman–Crippen LogP) is 3.37. The van der Waals surface area contributed by atoms with Gasteiger partial charge in [-0.05, 0) is 39.2 Å². The van der Waals surface area contributed by atoms with Crippen LogP contribution in [0.2, 0.25) is 0 Å². The summed E-state index contributed by atoms with van der Waals surface area (Å²) < 4.78 is 5.13. The van der Waals surface area contributed by atoms with Crippen LogP contribution >= 0.6 is 0 Å². The minimum Gasteiger partial charge on any atom is -0.423 e. The number of carbonyl (C=O) groups excluding carboxylic acids is 1. The first kappa shape index (κ1) is 16.9. The van der Waals surface area contributed by atoms with Crippen LogP contribution in [0.25, 0.3) is 0 Å². The van der Waals surface area contributed by atoms with E-state index in [1.165, 1.54) is 18.1 Å². The molecule has 0 fully saturated rings. The largest absolute Gasteiger partial charge is 0.423 e. The van der Waals surface area contributed by atoms with Gasteiger partial charge in [-0.2, -0.15) is 0 Å². The highest BCUT2D eigenvalue weighted by molar-refractivity contribution is 5.70. The number of carbonyl (C=O) groups is 1. The molecule has 1 heterocycles. The Labute approximate surface area is 137 Å². The molecular formula is C18H23N3O2. The van der Waals surface area contributed by atoms with E-state index in [-0.39, 0.29) is 5.97 Å². The number of esters is 1. The van der Waals surface area contributed by atoms with Crippen molar-refractivity contribution in [3.63, 3.8) is 0 Å². The van der Waals surface area contributed by atoms with Crippen LogP contribution in [-0.4, -0.2) is 22.5 Å². The Kier molecular flexibility index (Phi) is 5.68. The number of nitrogens with one attached hydrogen (secondary N) is 1. The Morgan fingerprint density at radius 3 is 2.26 bits per heavy atom. The Morgan fingerprint density at radius 1 is 1.09 bits per heavy atom. The third kappa shape index (κ3) is 5.06. The topological polar surface area (TPSA) is 64.1 Å². The predicted molar refractivity (Wildman–Crippen MR) is 90.8 cm³/mol. The first-order valence-electron chi connectivity index (χ1n) is 7.79. The Morgan fingerprint density at radius 2 is 1.70 bits per heavy atom. The molecule has 2 aromatic rings.